The maximum absolute atomic E-state index is 10.6. The molecule has 0 amide bonds. The summed E-state index contributed by atoms with van der Waals surface area (Å²) in [7, 11) is 0. The van der Waals surface area contributed by atoms with E-state index in [1.54, 1.807) is 12.2 Å². The van der Waals surface area contributed by atoms with Crippen molar-refractivity contribution in [1.29, 1.82) is 0 Å². The second kappa shape index (κ2) is 3.33. The third-order valence-electron chi connectivity index (χ3n) is 1.61. The molecule has 0 saturated carbocycles. The highest BCUT2D eigenvalue weighted by atomic mass is 32.2. The van der Waals surface area contributed by atoms with Gasteiger partial charge in [-0.15, -0.1) is 11.8 Å². The van der Waals surface area contributed by atoms with Crippen molar-refractivity contribution in [2.45, 2.75) is 12.5 Å². The molecule has 0 aliphatic carbocycles. The zero-order valence-corrected chi connectivity index (χ0v) is 7.47. The van der Waals surface area contributed by atoms with E-state index in [1.807, 2.05) is 6.08 Å². The lowest BCUT2D eigenvalue weighted by atomic mass is 10.1. The summed E-state index contributed by atoms with van der Waals surface area (Å²) >= 11 is 1.34. The molecule has 0 aromatic carbocycles. The van der Waals surface area contributed by atoms with Crippen LogP contribution in [0.15, 0.2) is 23.1 Å². The standard InChI is InChI=1S/C8H10O3S/c1-8(11,7(9)10)6-4-2-3-5-12-6/h2-4,11H,5H2,1H3,(H,9,10)/t8-/m1/s1. The molecule has 1 heterocycles. The van der Waals surface area contributed by atoms with Gasteiger partial charge in [0.25, 0.3) is 0 Å². The largest absolute Gasteiger partial charge is 0.479 e. The van der Waals surface area contributed by atoms with Gasteiger partial charge in [0.15, 0.2) is 5.60 Å². The van der Waals surface area contributed by atoms with Gasteiger partial charge in [-0.05, 0) is 13.0 Å². The molecule has 0 aromatic heterocycles. The first-order valence-electron chi connectivity index (χ1n) is 3.51. The molecule has 0 unspecified atom stereocenters. The lowest BCUT2D eigenvalue weighted by molar-refractivity contribution is -0.152. The number of hydrogen-bond donors (Lipinski definition) is 2. The third-order valence-corrected chi connectivity index (χ3v) is 2.82. The third kappa shape index (κ3) is 1.70. The van der Waals surface area contributed by atoms with E-state index in [0.29, 0.717) is 4.91 Å². The predicted octanol–water partition coefficient (Wildman–Crippen LogP) is 1.01. The average Bonchev–Trinajstić information content (AvgIpc) is 2.06. The van der Waals surface area contributed by atoms with Crippen molar-refractivity contribution in [3.8, 4) is 0 Å². The Morgan fingerprint density at radius 1 is 1.75 bits per heavy atom. The molecule has 0 spiro atoms. The molecule has 1 rings (SSSR count). The van der Waals surface area contributed by atoms with Crippen LogP contribution in [0.2, 0.25) is 0 Å². The van der Waals surface area contributed by atoms with Crippen molar-refractivity contribution < 1.29 is 15.0 Å². The Morgan fingerprint density at radius 2 is 2.42 bits per heavy atom. The molecule has 66 valence electrons. The normalized spacial score (nSPS) is 21.3. The number of carboxylic acids is 1. The smallest absolute Gasteiger partial charge is 0.340 e. The van der Waals surface area contributed by atoms with Crippen molar-refractivity contribution in [2.24, 2.45) is 0 Å². The molecule has 4 heteroatoms. The molecule has 0 radical (unpaired) electrons. The van der Waals surface area contributed by atoms with Gasteiger partial charge < -0.3 is 10.2 Å². The molecule has 1 atom stereocenters. The van der Waals surface area contributed by atoms with Crippen molar-refractivity contribution in [1.82, 2.24) is 0 Å². The zero-order chi connectivity index (χ0) is 9.19. The maximum Gasteiger partial charge on any atom is 0.340 e. The number of allylic oxidation sites excluding steroid dienone is 2. The van der Waals surface area contributed by atoms with Gasteiger partial charge in [0.1, 0.15) is 0 Å². The van der Waals surface area contributed by atoms with E-state index >= 15 is 0 Å². The molecule has 12 heavy (non-hydrogen) atoms. The van der Waals surface area contributed by atoms with E-state index in [-0.39, 0.29) is 0 Å². The van der Waals surface area contributed by atoms with E-state index < -0.39 is 11.6 Å². The number of carboxylic acid groups (broad SMARTS) is 1. The van der Waals surface area contributed by atoms with Gasteiger partial charge in [0, 0.05) is 10.7 Å². The second-order valence-corrected chi connectivity index (χ2v) is 3.71. The van der Waals surface area contributed by atoms with Gasteiger partial charge in [-0.25, -0.2) is 4.79 Å². The Labute approximate surface area is 74.8 Å². The number of carbonyl (C=O) groups is 1. The summed E-state index contributed by atoms with van der Waals surface area (Å²) in [4.78, 5) is 11.1. The Morgan fingerprint density at radius 3 is 2.83 bits per heavy atom. The molecular weight excluding hydrogens is 176 g/mol. The summed E-state index contributed by atoms with van der Waals surface area (Å²) in [5.41, 5.74) is -1.74. The van der Waals surface area contributed by atoms with Crippen LogP contribution in [0, 0.1) is 0 Å². The molecule has 0 saturated heterocycles. The van der Waals surface area contributed by atoms with Crippen molar-refractivity contribution in [3.63, 3.8) is 0 Å². The summed E-state index contributed by atoms with van der Waals surface area (Å²) in [5, 5.41) is 18.2. The quantitative estimate of drug-likeness (QED) is 0.675. The van der Waals surface area contributed by atoms with Crippen LogP contribution in [0.4, 0.5) is 0 Å². The average molecular weight is 186 g/mol. The number of aliphatic hydroxyl groups is 1. The number of thioether (sulfide) groups is 1. The van der Waals surface area contributed by atoms with Crippen molar-refractivity contribution in [3.05, 3.63) is 23.1 Å². The fraction of sp³-hybridized carbons (Fsp3) is 0.375. The van der Waals surface area contributed by atoms with Crippen LogP contribution < -0.4 is 0 Å². The Bertz CT molecular complexity index is 253. The van der Waals surface area contributed by atoms with Crippen LogP contribution >= 0.6 is 11.8 Å². The summed E-state index contributed by atoms with van der Waals surface area (Å²) in [5.74, 6) is -0.494. The fourth-order valence-corrected chi connectivity index (χ4v) is 1.74. The summed E-state index contributed by atoms with van der Waals surface area (Å²) in [6.45, 7) is 1.29. The number of rotatable bonds is 2. The van der Waals surface area contributed by atoms with Crippen LogP contribution in [-0.4, -0.2) is 27.5 Å². The minimum absolute atomic E-state index is 0.484. The molecular formula is C8H10O3S. The van der Waals surface area contributed by atoms with E-state index in [9.17, 15) is 9.90 Å². The molecule has 0 bridgehead atoms. The van der Waals surface area contributed by atoms with Crippen molar-refractivity contribution in [2.75, 3.05) is 5.75 Å². The highest BCUT2D eigenvalue weighted by Crippen LogP contribution is 2.30. The molecule has 0 aromatic rings. The van der Waals surface area contributed by atoms with Crippen molar-refractivity contribution >= 4 is 17.7 Å². The first-order valence-corrected chi connectivity index (χ1v) is 4.49. The summed E-state index contributed by atoms with van der Waals surface area (Å²) < 4.78 is 0. The minimum atomic E-state index is -1.74. The molecule has 2 N–H and O–H groups in total. The minimum Gasteiger partial charge on any atom is -0.479 e. The lowest BCUT2D eigenvalue weighted by Crippen LogP contribution is -2.36. The maximum atomic E-state index is 10.6. The van der Waals surface area contributed by atoms with Gasteiger partial charge in [-0.3, -0.25) is 0 Å². The Balaban J connectivity index is 2.87. The van der Waals surface area contributed by atoms with Crippen LogP contribution in [0.3, 0.4) is 0 Å². The van der Waals surface area contributed by atoms with E-state index in [2.05, 4.69) is 0 Å². The number of aliphatic carboxylic acids is 1. The van der Waals surface area contributed by atoms with E-state index in [0.717, 1.165) is 5.75 Å². The fourth-order valence-electron chi connectivity index (χ4n) is 0.805. The van der Waals surface area contributed by atoms with Crippen LogP contribution in [0.5, 0.6) is 0 Å². The predicted molar refractivity (Wildman–Crippen MR) is 47.9 cm³/mol. The van der Waals surface area contributed by atoms with Gasteiger partial charge >= 0.3 is 5.97 Å². The first kappa shape index (κ1) is 9.35. The van der Waals surface area contributed by atoms with Crippen LogP contribution in [-0.2, 0) is 4.79 Å². The lowest BCUT2D eigenvalue weighted by Gasteiger charge is -2.21. The monoisotopic (exact) mass is 186 g/mol. The van der Waals surface area contributed by atoms with Gasteiger partial charge in [-0.2, -0.15) is 0 Å². The number of hydrogen-bond acceptors (Lipinski definition) is 3. The summed E-state index contributed by atoms with van der Waals surface area (Å²) in [6, 6.07) is 0. The van der Waals surface area contributed by atoms with E-state index in [1.165, 1.54) is 18.7 Å². The Hall–Kier alpha value is -0.740. The van der Waals surface area contributed by atoms with Gasteiger partial charge in [0.2, 0.25) is 0 Å². The SMILES string of the molecule is C[C@](O)(C(=O)O)C1=CC=CCS1. The second-order valence-electron chi connectivity index (χ2n) is 2.65. The molecule has 1 aliphatic rings. The van der Waals surface area contributed by atoms with Gasteiger partial charge in [0.05, 0.1) is 0 Å². The topological polar surface area (TPSA) is 57.5 Å². The highest BCUT2D eigenvalue weighted by molar-refractivity contribution is 8.03. The Kier molecular flexibility index (Phi) is 2.59. The van der Waals surface area contributed by atoms with Crippen LogP contribution in [0.25, 0.3) is 0 Å². The molecule has 0 fully saturated rings. The van der Waals surface area contributed by atoms with Gasteiger partial charge in [-0.1, -0.05) is 12.2 Å². The molecule has 1 aliphatic heterocycles. The van der Waals surface area contributed by atoms with E-state index in [4.69, 9.17) is 5.11 Å². The first-order chi connectivity index (χ1) is 5.55. The van der Waals surface area contributed by atoms with Crippen LogP contribution in [0.1, 0.15) is 6.92 Å². The summed E-state index contributed by atoms with van der Waals surface area (Å²) in [6.07, 6.45) is 5.29. The highest BCUT2D eigenvalue weighted by Gasteiger charge is 2.34. The molecule has 3 nitrogen and oxygen atoms in total. The zero-order valence-electron chi connectivity index (χ0n) is 6.65.